The summed E-state index contributed by atoms with van der Waals surface area (Å²) in [6.07, 6.45) is 0.732. The second-order valence-corrected chi connectivity index (χ2v) is 4.88. The highest BCUT2D eigenvalue weighted by atomic mass is 79.9. The van der Waals surface area contributed by atoms with Crippen LogP contribution in [0.15, 0.2) is 53.3 Å². The molecule has 0 radical (unpaired) electrons. The highest BCUT2D eigenvalue weighted by molar-refractivity contribution is 5.78. The third-order valence-corrected chi connectivity index (χ3v) is 3.76. The van der Waals surface area contributed by atoms with Gasteiger partial charge in [-0.3, -0.25) is 4.79 Å². The van der Waals surface area contributed by atoms with Gasteiger partial charge in [0.05, 0.1) is 10.9 Å². The van der Waals surface area contributed by atoms with E-state index < -0.39 is 0 Å². The Labute approximate surface area is 126 Å². The summed E-state index contributed by atoms with van der Waals surface area (Å²) in [5.41, 5.74) is 3.43. The zero-order chi connectivity index (χ0) is 12.8. The number of nitrogens with zero attached hydrogens (tertiary/aromatic N) is 2. The standard InChI is InChI=1S/C16H12N2O.BrH/c19-16-13-7-3-4-8-14(13)18-10-12-6-2-1-5-11(12)9-15(18)17-16;/h1-8H,9-10H2;1H/p-1. The Morgan fingerprint density at radius 2 is 1.65 bits per heavy atom. The van der Waals surface area contributed by atoms with Crippen molar-refractivity contribution in [3.05, 3.63) is 75.8 Å². The summed E-state index contributed by atoms with van der Waals surface area (Å²) < 4.78 is 2.15. The summed E-state index contributed by atoms with van der Waals surface area (Å²) in [6, 6.07) is 16.0. The van der Waals surface area contributed by atoms with Crippen LogP contribution >= 0.6 is 0 Å². The largest absolute Gasteiger partial charge is 1.00 e. The van der Waals surface area contributed by atoms with E-state index in [0.29, 0.717) is 5.39 Å². The number of aromatic nitrogens is 2. The third-order valence-electron chi connectivity index (χ3n) is 3.76. The lowest BCUT2D eigenvalue weighted by Gasteiger charge is -2.22. The monoisotopic (exact) mass is 327 g/mol. The second kappa shape index (κ2) is 4.87. The first kappa shape index (κ1) is 13.1. The maximum Gasteiger partial charge on any atom is 0.280 e. The lowest BCUT2D eigenvalue weighted by molar-refractivity contribution is -0.00000387. The molecule has 2 heterocycles. The highest BCUT2D eigenvalue weighted by Crippen LogP contribution is 2.23. The molecule has 0 saturated heterocycles. The van der Waals surface area contributed by atoms with E-state index in [2.05, 4.69) is 27.8 Å². The Balaban J connectivity index is 0.00000121. The molecule has 0 N–H and O–H groups in total. The SMILES string of the molecule is O=c1nc2n(c3ccccc13)Cc1ccccc1C2.[Br-]. The first-order chi connectivity index (χ1) is 9.33. The van der Waals surface area contributed by atoms with E-state index in [1.54, 1.807) is 0 Å². The summed E-state index contributed by atoms with van der Waals surface area (Å²) in [6.45, 7) is 0.791. The molecule has 20 heavy (non-hydrogen) atoms. The van der Waals surface area contributed by atoms with E-state index in [0.717, 1.165) is 24.3 Å². The molecule has 0 atom stereocenters. The summed E-state index contributed by atoms with van der Waals surface area (Å²) in [4.78, 5) is 16.3. The van der Waals surface area contributed by atoms with E-state index in [1.807, 2.05) is 30.3 Å². The summed E-state index contributed by atoms with van der Waals surface area (Å²) in [5.74, 6) is 0.863. The van der Waals surface area contributed by atoms with Crippen molar-refractivity contribution >= 4 is 10.9 Å². The minimum absolute atomic E-state index is 0. The molecular weight excluding hydrogens is 316 g/mol. The molecule has 100 valence electrons. The Hall–Kier alpha value is -1.94. The molecule has 3 nitrogen and oxygen atoms in total. The van der Waals surface area contributed by atoms with E-state index in [-0.39, 0.29) is 22.5 Å². The van der Waals surface area contributed by atoms with Crippen molar-refractivity contribution in [1.82, 2.24) is 9.55 Å². The Morgan fingerprint density at radius 1 is 0.950 bits per heavy atom. The van der Waals surface area contributed by atoms with Crippen LogP contribution in [0.4, 0.5) is 0 Å². The predicted octanol–water partition coefficient (Wildman–Crippen LogP) is -0.647. The van der Waals surface area contributed by atoms with Crippen LogP contribution in [0.25, 0.3) is 10.9 Å². The molecule has 2 aromatic carbocycles. The number of rotatable bonds is 0. The molecule has 3 aromatic rings. The molecule has 0 saturated carbocycles. The van der Waals surface area contributed by atoms with E-state index in [9.17, 15) is 4.79 Å². The van der Waals surface area contributed by atoms with Gasteiger partial charge in [0.25, 0.3) is 5.56 Å². The van der Waals surface area contributed by atoms with Gasteiger partial charge in [-0.1, -0.05) is 36.4 Å². The summed E-state index contributed by atoms with van der Waals surface area (Å²) in [5, 5.41) is 0.700. The Morgan fingerprint density at radius 3 is 2.50 bits per heavy atom. The lowest BCUT2D eigenvalue weighted by atomic mass is 10.00. The predicted molar refractivity (Wildman–Crippen MR) is 74.4 cm³/mol. The number of para-hydroxylation sites is 1. The van der Waals surface area contributed by atoms with E-state index >= 15 is 0 Å². The van der Waals surface area contributed by atoms with Crippen LogP contribution in [-0.2, 0) is 13.0 Å². The second-order valence-electron chi connectivity index (χ2n) is 4.88. The molecule has 4 rings (SSSR count). The maximum absolute atomic E-state index is 12.0. The van der Waals surface area contributed by atoms with Crippen molar-refractivity contribution < 1.29 is 17.0 Å². The molecule has 4 heteroatoms. The molecule has 0 unspecified atom stereocenters. The molecule has 1 aliphatic heterocycles. The van der Waals surface area contributed by atoms with E-state index in [1.165, 1.54) is 11.1 Å². The Bertz CT molecular complexity index is 854. The molecular formula is C16H12BrN2O-. The third kappa shape index (κ3) is 1.88. The minimum atomic E-state index is -0.124. The fraction of sp³-hybridized carbons (Fsp3) is 0.125. The van der Waals surface area contributed by atoms with Gasteiger partial charge < -0.3 is 21.5 Å². The van der Waals surface area contributed by atoms with Gasteiger partial charge in [0.2, 0.25) is 0 Å². The summed E-state index contributed by atoms with van der Waals surface area (Å²) >= 11 is 0. The molecule has 0 fully saturated rings. The Kier molecular flexibility index (Phi) is 3.18. The van der Waals surface area contributed by atoms with Crippen LogP contribution in [0, 0.1) is 0 Å². The van der Waals surface area contributed by atoms with Crippen LogP contribution < -0.4 is 22.5 Å². The molecule has 0 amide bonds. The van der Waals surface area contributed by atoms with Crippen molar-refractivity contribution in [2.24, 2.45) is 0 Å². The smallest absolute Gasteiger partial charge is 0.280 e. The first-order valence-electron chi connectivity index (χ1n) is 6.38. The average Bonchev–Trinajstić information content (AvgIpc) is 2.46. The lowest BCUT2D eigenvalue weighted by Crippen LogP contribution is -3.00. The maximum atomic E-state index is 12.0. The van der Waals surface area contributed by atoms with Crippen LogP contribution in [0.2, 0.25) is 0 Å². The number of halogens is 1. The van der Waals surface area contributed by atoms with Gasteiger partial charge in [-0.05, 0) is 23.3 Å². The number of hydrogen-bond donors (Lipinski definition) is 0. The first-order valence-corrected chi connectivity index (χ1v) is 6.38. The van der Waals surface area contributed by atoms with Crippen molar-refractivity contribution in [2.75, 3.05) is 0 Å². The van der Waals surface area contributed by atoms with Crippen LogP contribution in [0.5, 0.6) is 0 Å². The minimum Gasteiger partial charge on any atom is -1.00 e. The zero-order valence-corrected chi connectivity index (χ0v) is 12.3. The topological polar surface area (TPSA) is 34.9 Å². The van der Waals surface area contributed by atoms with Gasteiger partial charge >= 0.3 is 0 Å². The molecule has 0 spiro atoms. The number of benzene rings is 2. The fourth-order valence-corrected chi connectivity index (χ4v) is 2.80. The van der Waals surface area contributed by atoms with Gasteiger partial charge in [0, 0.05) is 13.0 Å². The van der Waals surface area contributed by atoms with Gasteiger partial charge in [-0.15, -0.1) is 0 Å². The van der Waals surface area contributed by atoms with Crippen molar-refractivity contribution in [3.63, 3.8) is 0 Å². The van der Waals surface area contributed by atoms with Gasteiger partial charge in [0.15, 0.2) is 0 Å². The van der Waals surface area contributed by atoms with Gasteiger partial charge in [-0.2, -0.15) is 4.98 Å². The molecule has 0 bridgehead atoms. The molecule has 0 aliphatic carbocycles. The van der Waals surface area contributed by atoms with Crippen LogP contribution in [0.1, 0.15) is 17.0 Å². The zero-order valence-electron chi connectivity index (χ0n) is 10.7. The fourth-order valence-electron chi connectivity index (χ4n) is 2.80. The van der Waals surface area contributed by atoms with E-state index in [4.69, 9.17) is 0 Å². The van der Waals surface area contributed by atoms with Crippen molar-refractivity contribution in [3.8, 4) is 0 Å². The summed E-state index contributed by atoms with van der Waals surface area (Å²) in [7, 11) is 0. The number of fused-ring (bicyclic) bond motifs is 4. The normalized spacial score (nSPS) is 12.4. The van der Waals surface area contributed by atoms with Crippen molar-refractivity contribution in [1.29, 1.82) is 0 Å². The molecule has 1 aliphatic rings. The van der Waals surface area contributed by atoms with Gasteiger partial charge in [-0.25, -0.2) is 0 Å². The quantitative estimate of drug-likeness (QED) is 0.430. The van der Waals surface area contributed by atoms with Crippen LogP contribution in [0.3, 0.4) is 0 Å². The number of hydrogen-bond acceptors (Lipinski definition) is 2. The van der Waals surface area contributed by atoms with Crippen LogP contribution in [-0.4, -0.2) is 9.55 Å². The van der Waals surface area contributed by atoms with Crippen molar-refractivity contribution in [2.45, 2.75) is 13.0 Å². The highest BCUT2D eigenvalue weighted by Gasteiger charge is 2.17. The molecule has 1 aromatic heterocycles. The average molecular weight is 328 g/mol. The van der Waals surface area contributed by atoms with Gasteiger partial charge in [0.1, 0.15) is 5.82 Å².